The highest BCUT2D eigenvalue weighted by atomic mass is 19.1. The van der Waals surface area contributed by atoms with Crippen molar-refractivity contribution in [3.05, 3.63) is 82.1 Å². The lowest BCUT2D eigenvalue weighted by Crippen LogP contribution is -2.19. The van der Waals surface area contributed by atoms with Gasteiger partial charge in [0.25, 0.3) is 5.91 Å². The van der Waals surface area contributed by atoms with Crippen LogP contribution in [0.4, 0.5) is 4.39 Å². The number of H-pyrrole nitrogens is 1. The molecule has 30 heavy (non-hydrogen) atoms. The molecule has 2 heterocycles. The number of nitrogens with one attached hydrogen (secondary N) is 2. The van der Waals surface area contributed by atoms with Crippen LogP contribution in [-0.4, -0.2) is 29.4 Å². The summed E-state index contributed by atoms with van der Waals surface area (Å²) in [6.45, 7) is 0. The number of hydrogen-bond donors (Lipinski definition) is 2. The van der Waals surface area contributed by atoms with E-state index >= 15 is 0 Å². The van der Waals surface area contributed by atoms with Gasteiger partial charge < -0.3 is 9.15 Å². The van der Waals surface area contributed by atoms with Crippen molar-refractivity contribution in [2.45, 2.75) is 0 Å². The van der Waals surface area contributed by atoms with Crippen LogP contribution in [0.1, 0.15) is 16.1 Å². The van der Waals surface area contributed by atoms with Crippen LogP contribution in [0.3, 0.4) is 0 Å². The maximum absolute atomic E-state index is 13.4. The van der Waals surface area contributed by atoms with Crippen molar-refractivity contribution in [3.63, 3.8) is 0 Å². The van der Waals surface area contributed by atoms with E-state index in [1.165, 1.54) is 18.4 Å². The normalized spacial score (nSPS) is 11.1. The van der Waals surface area contributed by atoms with Crippen molar-refractivity contribution in [2.24, 2.45) is 5.10 Å². The minimum Gasteiger partial charge on any atom is -0.497 e. The van der Waals surface area contributed by atoms with Gasteiger partial charge in [0, 0.05) is 5.56 Å². The Morgan fingerprint density at radius 1 is 1.23 bits per heavy atom. The van der Waals surface area contributed by atoms with Gasteiger partial charge >= 0.3 is 0 Å². The number of nitrogens with zero attached hydrogens (tertiary/aromatic N) is 2. The highest BCUT2D eigenvalue weighted by molar-refractivity contribution is 5.94. The Bertz CT molecular complexity index is 1310. The maximum atomic E-state index is 13.4. The Hall–Kier alpha value is -4.27. The van der Waals surface area contributed by atoms with E-state index in [9.17, 15) is 14.0 Å². The van der Waals surface area contributed by atoms with Crippen LogP contribution in [0.25, 0.3) is 22.2 Å². The van der Waals surface area contributed by atoms with Crippen molar-refractivity contribution in [2.75, 3.05) is 7.11 Å². The summed E-state index contributed by atoms with van der Waals surface area (Å²) >= 11 is 0. The number of hydrogen-bond acceptors (Lipinski definition) is 6. The van der Waals surface area contributed by atoms with E-state index in [1.807, 2.05) is 12.1 Å². The molecule has 9 heteroatoms. The van der Waals surface area contributed by atoms with Crippen LogP contribution in [0.15, 0.2) is 69.1 Å². The van der Waals surface area contributed by atoms with E-state index in [4.69, 9.17) is 9.15 Å². The maximum Gasteiger partial charge on any atom is 0.289 e. The fourth-order valence-corrected chi connectivity index (χ4v) is 2.78. The minimum absolute atomic E-state index is 0.0666. The van der Waals surface area contributed by atoms with Gasteiger partial charge in [-0.2, -0.15) is 10.2 Å². The third-order valence-corrected chi connectivity index (χ3v) is 4.34. The second-order valence-corrected chi connectivity index (χ2v) is 6.26. The predicted octanol–water partition coefficient (Wildman–Crippen LogP) is 3.09. The van der Waals surface area contributed by atoms with Gasteiger partial charge in [-0.1, -0.05) is 0 Å². The molecular formula is C21H15FN4O4. The second-order valence-electron chi connectivity index (χ2n) is 6.26. The Balaban J connectivity index is 1.48. The minimum atomic E-state index is -0.552. The predicted molar refractivity (Wildman–Crippen MR) is 108 cm³/mol. The summed E-state index contributed by atoms with van der Waals surface area (Å²) < 4.78 is 23.8. The Morgan fingerprint density at radius 3 is 2.80 bits per heavy atom. The van der Waals surface area contributed by atoms with Crippen LogP contribution < -0.4 is 15.6 Å². The molecule has 0 aliphatic heterocycles. The third-order valence-electron chi connectivity index (χ3n) is 4.34. The topological polar surface area (TPSA) is 110 Å². The van der Waals surface area contributed by atoms with Gasteiger partial charge in [0.15, 0.2) is 0 Å². The summed E-state index contributed by atoms with van der Waals surface area (Å²) in [4.78, 5) is 24.6. The number of carbonyl (C=O) groups excluding carboxylic acids is 1. The first-order valence-corrected chi connectivity index (χ1v) is 8.79. The van der Waals surface area contributed by atoms with E-state index in [1.54, 1.807) is 25.3 Å². The van der Waals surface area contributed by atoms with E-state index in [-0.39, 0.29) is 22.2 Å². The summed E-state index contributed by atoms with van der Waals surface area (Å²) in [7, 11) is 1.58. The molecule has 2 N–H and O–H groups in total. The fraction of sp³-hybridized carbons (Fsp3) is 0.0476. The van der Waals surface area contributed by atoms with Crippen LogP contribution in [0.5, 0.6) is 5.75 Å². The molecule has 0 spiro atoms. The SMILES string of the molecule is COc1ccc(-c2cc(C(=O)N/N=C/c3coc4ccc(F)cc4c3=O)[nH]n2)cc1. The lowest BCUT2D eigenvalue weighted by atomic mass is 10.1. The van der Waals surface area contributed by atoms with E-state index in [2.05, 4.69) is 20.7 Å². The van der Waals surface area contributed by atoms with Crippen molar-refractivity contribution in [1.82, 2.24) is 15.6 Å². The van der Waals surface area contributed by atoms with Crippen molar-refractivity contribution >= 4 is 23.1 Å². The molecule has 1 amide bonds. The Kier molecular flexibility index (Phi) is 5.08. The summed E-state index contributed by atoms with van der Waals surface area (Å²) in [5.41, 5.74) is 3.72. The Labute approximate surface area is 169 Å². The number of aromatic amines is 1. The third kappa shape index (κ3) is 3.81. The van der Waals surface area contributed by atoms with Gasteiger partial charge in [-0.25, -0.2) is 9.82 Å². The molecule has 0 saturated heterocycles. The van der Waals surface area contributed by atoms with E-state index < -0.39 is 17.2 Å². The number of rotatable bonds is 5. The smallest absolute Gasteiger partial charge is 0.289 e. The molecule has 150 valence electrons. The summed E-state index contributed by atoms with van der Waals surface area (Å²) in [6, 6.07) is 12.4. The first-order chi connectivity index (χ1) is 14.5. The first kappa shape index (κ1) is 19.1. The number of benzene rings is 2. The van der Waals surface area contributed by atoms with Crippen LogP contribution in [0, 0.1) is 5.82 Å². The average molecular weight is 406 g/mol. The fourth-order valence-electron chi connectivity index (χ4n) is 2.78. The van der Waals surface area contributed by atoms with Crippen molar-refractivity contribution < 1.29 is 18.3 Å². The molecule has 0 radical (unpaired) electrons. The van der Waals surface area contributed by atoms with E-state index in [0.717, 1.165) is 17.8 Å². The zero-order chi connectivity index (χ0) is 21.1. The number of amides is 1. The van der Waals surface area contributed by atoms with Crippen LogP contribution >= 0.6 is 0 Å². The second kappa shape index (κ2) is 8.00. The largest absolute Gasteiger partial charge is 0.497 e. The number of methoxy groups -OCH3 is 1. The van der Waals surface area contributed by atoms with Crippen molar-refractivity contribution in [3.8, 4) is 17.0 Å². The monoisotopic (exact) mass is 406 g/mol. The summed E-state index contributed by atoms with van der Waals surface area (Å²) in [5, 5.41) is 10.6. The average Bonchev–Trinajstić information content (AvgIpc) is 3.26. The number of fused-ring (bicyclic) bond motifs is 1. The van der Waals surface area contributed by atoms with Gasteiger partial charge in [0.1, 0.15) is 29.1 Å². The lowest BCUT2D eigenvalue weighted by molar-refractivity contribution is 0.0950. The molecule has 0 atom stereocenters. The molecule has 2 aromatic carbocycles. The molecule has 2 aromatic heterocycles. The van der Waals surface area contributed by atoms with Crippen molar-refractivity contribution in [1.29, 1.82) is 0 Å². The first-order valence-electron chi connectivity index (χ1n) is 8.79. The van der Waals surface area contributed by atoms with Crippen LogP contribution in [-0.2, 0) is 0 Å². The lowest BCUT2D eigenvalue weighted by Gasteiger charge is -2.00. The highest BCUT2D eigenvalue weighted by Crippen LogP contribution is 2.21. The molecule has 4 rings (SSSR count). The highest BCUT2D eigenvalue weighted by Gasteiger charge is 2.11. The molecule has 0 aliphatic rings. The van der Waals surface area contributed by atoms with Gasteiger partial charge in [-0.3, -0.25) is 14.7 Å². The molecule has 0 unspecified atom stereocenters. The number of carbonyl (C=O) groups is 1. The quantitative estimate of drug-likeness (QED) is 0.391. The number of aromatic nitrogens is 2. The molecule has 8 nitrogen and oxygen atoms in total. The van der Waals surface area contributed by atoms with Gasteiger partial charge in [-0.15, -0.1) is 0 Å². The number of hydrazone groups is 1. The molecule has 0 saturated carbocycles. The molecule has 0 bridgehead atoms. The van der Waals surface area contributed by atoms with Crippen LogP contribution in [0.2, 0.25) is 0 Å². The number of ether oxygens (including phenoxy) is 1. The summed E-state index contributed by atoms with van der Waals surface area (Å²) in [5.74, 6) is -0.388. The van der Waals surface area contributed by atoms with Gasteiger partial charge in [0.05, 0.1) is 30.0 Å². The number of halogens is 1. The Morgan fingerprint density at radius 2 is 2.03 bits per heavy atom. The molecular weight excluding hydrogens is 391 g/mol. The molecule has 4 aromatic rings. The molecule has 0 fully saturated rings. The standard InChI is InChI=1S/C21H15FN4O4/c1-29-15-5-2-12(3-6-15)17-9-18(25-24-17)21(28)26-23-10-13-11-30-19-7-4-14(22)8-16(19)20(13)27/h2-11H,1H3,(H,24,25)(H,26,28)/b23-10+. The molecule has 0 aliphatic carbocycles. The summed E-state index contributed by atoms with van der Waals surface area (Å²) in [6.07, 6.45) is 2.32. The van der Waals surface area contributed by atoms with Gasteiger partial charge in [-0.05, 0) is 48.5 Å². The van der Waals surface area contributed by atoms with Gasteiger partial charge in [0.2, 0.25) is 5.43 Å². The zero-order valence-corrected chi connectivity index (χ0v) is 15.7. The zero-order valence-electron chi connectivity index (χ0n) is 15.7. The van der Waals surface area contributed by atoms with E-state index in [0.29, 0.717) is 11.4 Å².